The van der Waals surface area contributed by atoms with Crippen molar-refractivity contribution in [2.45, 2.75) is 32.1 Å². The van der Waals surface area contributed by atoms with Crippen LogP contribution in [-0.4, -0.2) is 4.57 Å². The zero-order valence-corrected chi connectivity index (χ0v) is 36.9. The van der Waals surface area contributed by atoms with Crippen molar-refractivity contribution in [1.82, 2.24) is 4.57 Å². The minimum absolute atomic E-state index is 0.396. The number of hydrogen-bond donors (Lipinski definition) is 0. The van der Waals surface area contributed by atoms with Crippen molar-refractivity contribution in [3.63, 3.8) is 0 Å². The van der Waals surface area contributed by atoms with Gasteiger partial charge >= 0.3 is 0 Å². The molecule has 0 bridgehead atoms. The molecule has 2 unspecified atom stereocenters. The Hall–Kier alpha value is -7.68. The maximum atomic E-state index is 2.53. The van der Waals surface area contributed by atoms with Crippen molar-refractivity contribution in [1.29, 1.82) is 0 Å². The van der Waals surface area contributed by atoms with Crippen molar-refractivity contribution >= 4 is 44.4 Å². The lowest BCUT2D eigenvalue weighted by Crippen LogP contribution is -2.32. The van der Waals surface area contributed by atoms with Gasteiger partial charge in [0.05, 0.1) is 16.4 Å². The third-order valence-corrected chi connectivity index (χ3v) is 14.6. The number of para-hydroxylation sites is 2. The third-order valence-electron chi connectivity index (χ3n) is 14.6. The van der Waals surface area contributed by atoms with Crippen LogP contribution in [0.4, 0.5) is 17.1 Å². The van der Waals surface area contributed by atoms with E-state index in [2.05, 4.69) is 254 Å². The number of benzene rings is 9. The molecule has 0 fully saturated rings. The first-order valence-corrected chi connectivity index (χ1v) is 23.2. The highest BCUT2D eigenvalue weighted by molar-refractivity contribution is 6.10. The van der Waals surface area contributed by atoms with Gasteiger partial charge in [-0.15, -0.1) is 0 Å². The molecule has 1 aromatic heterocycles. The Morgan fingerprint density at radius 2 is 0.908 bits per heavy atom. The van der Waals surface area contributed by atoms with E-state index in [9.17, 15) is 0 Å². The Balaban J connectivity index is 1.01. The quantitative estimate of drug-likeness (QED) is 0.148. The Kier molecular flexibility index (Phi) is 9.49. The average Bonchev–Trinajstić information content (AvgIpc) is 3.85. The summed E-state index contributed by atoms with van der Waals surface area (Å²) in [6.45, 7) is 4.90. The molecule has 12 rings (SSSR count). The molecule has 2 nitrogen and oxygen atoms in total. The summed E-state index contributed by atoms with van der Waals surface area (Å²) in [6, 6.07) is 85.3. The molecule has 0 amide bonds. The smallest absolute Gasteiger partial charge is 0.0674 e. The summed E-state index contributed by atoms with van der Waals surface area (Å²) in [5.41, 5.74) is 20.0. The molecular weight excluding hydrogens is 785 g/mol. The first kappa shape index (κ1) is 39.0. The fourth-order valence-electron chi connectivity index (χ4n) is 11.2. The molecule has 2 aliphatic carbocycles. The molecule has 0 saturated heterocycles. The second kappa shape index (κ2) is 15.8. The molecule has 0 radical (unpaired) electrons. The molecule has 0 aliphatic heterocycles. The maximum absolute atomic E-state index is 2.53. The summed E-state index contributed by atoms with van der Waals surface area (Å²) in [7, 11) is 0. The molecule has 0 N–H and O–H groups in total. The Morgan fingerprint density at radius 3 is 1.55 bits per heavy atom. The van der Waals surface area contributed by atoms with Crippen molar-refractivity contribution in [3.05, 3.63) is 258 Å². The van der Waals surface area contributed by atoms with Crippen LogP contribution in [0.3, 0.4) is 0 Å². The van der Waals surface area contributed by atoms with E-state index in [1.807, 2.05) is 0 Å². The molecule has 2 atom stereocenters. The lowest BCUT2D eigenvalue weighted by molar-refractivity contribution is 0.367. The van der Waals surface area contributed by atoms with Crippen LogP contribution in [0, 0.1) is 11.8 Å². The molecule has 2 aliphatic rings. The van der Waals surface area contributed by atoms with Crippen LogP contribution in [0.5, 0.6) is 0 Å². The van der Waals surface area contributed by atoms with Gasteiger partial charge in [-0.25, -0.2) is 0 Å². The largest absolute Gasteiger partial charge is 0.310 e. The van der Waals surface area contributed by atoms with Crippen LogP contribution in [0.1, 0.15) is 48.9 Å². The molecule has 1 heterocycles. The van der Waals surface area contributed by atoms with Crippen LogP contribution < -0.4 is 4.90 Å². The number of nitrogens with zero attached hydrogens (tertiary/aromatic N) is 2. The first-order valence-electron chi connectivity index (χ1n) is 23.2. The number of rotatable bonds is 8. The highest BCUT2D eigenvalue weighted by atomic mass is 15.1. The minimum atomic E-state index is -0.396. The Morgan fingerprint density at radius 1 is 0.415 bits per heavy atom. The molecule has 0 saturated carbocycles. The molecule has 2 heteroatoms. The van der Waals surface area contributed by atoms with E-state index >= 15 is 0 Å². The van der Waals surface area contributed by atoms with Gasteiger partial charge in [0.2, 0.25) is 0 Å². The second-order valence-electron chi connectivity index (χ2n) is 18.2. The Bertz CT molecular complexity index is 3320. The standard InChI is InChI=1S/C63H50N2/c1-43-39-57-55-37-36-54(42-60(55)63(59(57)40-44(43)2,49-19-9-4-10-20-49)50-21-11-5-12-22-50)64(52-32-27-46(28-33-52)45-17-7-3-8-18-45)53-34-29-47(30-35-53)48-31-38-62-58(41-48)56-25-15-16-26-61(56)65(62)51-23-13-6-14-24-51/h3-38,41-44H,39-40H2,1-2H3. The monoisotopic (exact) mass is 834 g/mol. The van der Waals surface area contributed by atoms with Crippen molar-refractivity contribution in [3.8, 4) is 27.9 Å². The van der Waals surface area contributed by atoms with Gasteiger partial charge in [-0.1, -0.05) is 178 Å². The molecule has 312 valence electrons. The summed E-state index contributed by atoms with van der Waals surface area (Å²) in [6.07, 6.45) is 2.17. The summed E-state index contributed by atoms with van der Waals surface area (Å²) >= 11 is 0. The first-order chi connectivity index (χ1) is 32.1. The van der Waals surface area contributed by atoms with E-state index in [1.54, 1.807) is 5.57 Å². The fraction of sp³-hybridized carbons (Fsp3) is 0.111. The second-order valence-corrected chi connectivity index (χ2v) is 18.2. The van der Waals surface area contributed by atoms with E-state index < -0.39 is 5.41 Å². The van der Waals surface area contributed by atoms with E-state index in [0.29, 0.717) is 11.8 Å². The summed E-state index contributed by atoms with van der Waals surface area (Å²) in [5.74, 6) is 1.21. The van der Waals surface area contributed by atoms with Crippen LogP contribution >= 0.6 is 0 Å². The highest BCUT2D eigenvalue weighted by Crippen LogP contribution is 2.60. The topological polar surface area (TPSA) is 8.17 Å². The van der Waals surface area contributed by atoms with Crippen molar-refractivity contribution < 1.29 is 0 Å². The van der Waals surface area contributed by atoms with Gasteiger partial charge in [-0.2, -0.15) is 0 Å². The van der Waals surface area contributed by atoms with Gasteiger partial charge in [0, 0.05) is 33.5 Å². The Labute approximate surface area is 382 Å². The summed E-state index contributed by atoms with van der Waals surface area (Å²) < 4.78 is 2.38. The normalized spacial score (nSPS) is 16.4. The maximum Gasteiger partial charge on any atom is 0.0674 e. The number of anilines is 3. The summed E-state index contributed by atoms with van der Waals surface area (Å²) in [4.78, 5) is 2.46. The third kappa shape index (κ3) is 6.39. The lowest BCUT2D eigenvalue weighted by atomic mass is 9.63. The van der Waals surface area contributed by atoms with E-state index in [-0.39, 0.29) is 0 Å². The number of aromatic nitrogens is 1. The average molecular weight is 835 g/mol. The minimum Gasteiger partial charge on any atom is -0.310 e. The molecule has 9 aromatic carbocycles. The number of hydrogen-bond acceptors (Lipinski definition) is 1. The zero-order valence-electron chi connectivity index (χ0n) is 36.9. The van der Waals surface area contributed by atoms with Crippen LogP contribution in [-0.2, 0) is 5.41 Å². The molecule has 10 aromatic rings. The molecular formula is C63H50N2. The molecule has 0 spiro atoms. The number of fused-ring (bicyclic) bond motifs is 5. The van der Waals surface area contributed by atoms with Gasteiger partial charge < -0.3 is 9.47 Å². The van der Waals surface area contributed by atoms with Gasteiger partial charge in [0.25, 0.3) is 0 Å². The zero-order chi connectivity index (χ0) is 43.5. The fourth-order valence-corrected chi connectivity index (χ4v) is 11.2. The van der Waals surface area contributed by atoms with E-state index in [0.717, 1.165) is 29.9 Å². The SMILES string of the molecule is CC1CC2=C(CC1C)C(c1ccccc1)(c1ccccc1)c1cc(N(c3ccc(-c4ccccc4)cc3)c3ccc(-c4ccc5c(c4)c4ccccc4n5-c4ccccc4)cc3)ccc12. The predicted molar refractivity (Wildman–Crippen MR) is 274 cm³/mol. The molecule has 65 heavy (non-hydrogen) atoms. The van der Waals surface area contributed by atoms with Crippen LogP contribution in [0.15, 0.2) is 236 Å². The summed E-state index contributed by atoms with van der Waals surface area (Å²) in [5, 5.41) is 2.51. The van der Waals surface area contributed by atoms with Gasteiger partial charge in [-0.3, -0.25) is 0 Å². The lowest BCUT2D eigenvalue weighted by Gasteiger charge is -2.39. The van der Waals surface area contributed by atoms with Gasteiger partial charge in [0.15, 0.2) is 0 Å². The van der Waals surface area contributed by atoms with E-state index in [4.69, 9.17) is 0 Å². The van der Waals surface area contributed by atoms with E-state index in [1.165, 1.54) is 77.6 Å². The van der Waals surface area contributed by atoms with Gasteiger partial charge in [-0.05, 0) is 147 Å². The van der Waals surface area contributed by atoms with Crippen LogP contribution in [0.2, 0.25) is 0 Å². The van der Waals surface area contributed by atoms with Crippen molar-refractivity contribution in [2.24, 2.45) is 11.8 Å². The highest BCUT2D eigenvalue weighted by Gasteiger charge is 2.50. The number of allylic oxidation sites excluding steroid dienone is 2. The predicted octanol–water partition coefficient (Wildman–Crippen LogP) is 16.8. The van der Waals surface area contributed by atoms with Gasteiger partial charge in [0.1, 0.15) is 0 Å². The van der Waals surface area contributed by atoms with Crippen molar-refractivity contribution in [2.75, 3.05) is 4.90 Å². The van der Waals surface area contributed by atoms with Crippen LogP contribution in [0.25, 0.3) is 55.3 Å².